The van der Waals surface area contributed by atoms with Crippen molar-refractivity contribution in [1.29, 1.82) is 0 Å². The van der Waals surface area contributed by atoms with E-state index in [9.17, 15) is 0 Å². The highest BCUT2D eigenvalue weighted by atomic mass is 35.5. The van der Waals surface area contributed by atoms with Crippen molar-refractivity contribution in [2.24, 2.45) is 0 Å². The summed E-state index contributed by atoms with van der Waals surface area (Å²) in [4.78, 5) is 7.09. The minimum Gasteiger partial charge on any atom is -0.374 e. The van der Waals surface area contributed by atoms with Gasteiger partial charge in [-0.25, -0.2) is 4.98 Å². The highest BCUT2D eigenvalue weighted by molar-refractivity contribution is 6.16. The minimum atomic E-state index is 0.471. The fourth-order valence-electron chi connectivity index (χ4n) is 0.746. The van der Waals surface area contributed by atoms with Gasteiger partial charge in [0.25, 0.3) is 0 Å². The van der Waals surface area contributed by atoms with Gasteiger partial charge in [-0.05, 0) is 6.92 Å². The Bertz CT molecular complexity index is 212. The Labute approximate surface area is 70.7 Å². The normalized spacial score (nSPS) is 10.4. The number of aromatic amines is 1. The van der Waals surface area contributed by atoms with E-state index in [1.54, 1.807) is 6.20 Å². The van der Waals surface area contributed by atoms with Gasteiger partial charge in [0, 0.05) is 18.5 Å². The molecule has 0 fully saturated rings. The molecule has 0 atom stereocenters. The number of hydrogen-bond acceptors (Lipinski definition) is 2. The van der Waals surface area contributed by atoms with Crippen LogP contribution >= 0.6 is 11.6 Å². The summed E-state index contributed by atoms with van der Waals surface area (Å²) in [7, 11) is 0. The minimum absolute atomic E-state index is 0.471. The third-order valence-electron chi connectivity index (χ3n) is 1.27. The van der Waals surface area contributed by atoms with Gasteiger partial charge >= 0.3 is 0 Å². The van der Waals surface area contributed by atoms with Crippen molar-refractivity contribution >= 4 is 11.6 Å². The Balaban J connectivity index is 2.44. The molecule has 0 aliphatic carbocycles. The number of aromatic nitrogens is 2. The number of nitrogens with one attached hydrogen (secondary N) is 1. The molecule has 1 aromatic heterocycles. The molecule has 1 rings (SSSR count). The van der Waals surface area contributed by atoms with E-state index in [-0.39, 0.29) is 0 Å². The van der Waals surface area contributed by atoms with Gasteiger partial charge in [0.15, 0.2) is 0 Å². The first-order valence-electron chi connectivity index (χ1n) is 3.53. The standard InChI is InChI=1S/C7H11ClN2O/c1-2-11-5-7-9-4-6(3-8)10-7/h4H,2-3,5H2,1H3,(H,9,10). The fraction of sp³-hybridized carbons (Fsp3) is 0.571. The van der Waals surface area contributed by atoms with E-state index in [0.29, 0.717) is 19.1 Å². The number of ether oxygens (including phenoxy) is 1. The van der Waals surface area contributed by atoms with Crippen LogP contribution in [0.5, 0.6) is 0 Å². The molecule has 0 unspecified atom stereocenters. The van der Waals surface area contributed by atoms with E-state index in [1.165, 1.54) is 0 Å². The molecule has 0 aromatic carbocycles. The molecule has 0 bridgehead atoms. The van der Waals surface area contributed by atoms with Gasteiger partial charge < -0.3 is 9.72 Å². The lowest BCUT2D eigenvalue weighted by molar-refractivity contribution is 0.129. The van der Waals surface area contributed by atoms with Crippen molar-refractivity contribution in [2.75, 3.05) is 6.61 Å². The van der Waals surface area contributed by atoms with Crippen LogP contribution in [-0.4, -0.2) is 16.6 Å². The van der Waals surface area contributed by atoms with Crippen LogP contribution in [0, 0.1) is 0 Å². The second-order valence-electron chi connectivity index (χ2n) is 2.13. The largest absolute Gasteiger partial charge is 0.374 e. The van der Waals surface area contributed by atoms with Gasteiger partial charge in [-0.3, -0.25) is 0 Å². The highest BCUT2D eigenvalue weighted by Gasteiger charge is 1.97. The Kier molecular flexibility index (Phi) is 3.39. The summed E-state index contributed by atoms with van der Waals surface area (Å²) in [6.07, 6.45) is 1.72. The number of alkyl halides is 1. The van der Waals surface area contributed by atoms with Gasteiger partial charge in [-0.2, -0.15) is 0 Å². The molecule has 11 heavy (non-hydrogen) atoms. The second kappa shape index (κ2) is 4.36. The summed E-state index contributed by atoms with van der Waals surface area (Å²) >= 11 is 5.56. The molecule has 1 aromatic rings. The number of H-pyrrole nitrogens is 1. The molecule has 1 heterocycles. The van der Waals surface area contributed by atoms with Crippen LogP contribution in [-0.2, 0) is 17.2 Å². The maximum atomic E-state index is 5.56. The Morgan fingerprint density at radius 1 is 1.73 bits per heavy atom. The van der Waals surface area contributed by atoms with E-state index in [0.717, 1.165) is 11.5 Å². The zero-order chi connectivity index (χ0) is 8.10. The molecule has 62 valence electrons. The van der Waals surface area contributed by atoms with Gasteiger partial charge in [0.1, 0.15) is 12.4 Å². The average molecular weight is 175 g/mol. The maximum Gasteiger partial charge on any atom is 0.132 e. The predicted molar refractivity (Wildman–Crippen MR) is 43.5 cm³/mol. The van der Waals surface area contributed by atoms with Crippen LogP contribution in [0.15, 0.2) is 6.20 Å². The number of nitrogens with zero attached hydrogens (tertiary/aromatic N) is 1. The zero-order valence-corrected chi connectivity index (χ0v) is 7.19. The molecule has 0 saturated heterocycles. The monoisotopic (exact) mass is 174 g/mol. The zero-order valence-electron chi connectivity index (χ0n) is 6.43. The van der Waals surface area contributed by atoms with Gasteiger partial charge in [0.2, 0.25) is 0 Å². The topological polar surface area (TPSA) is 37.9 Å². The van der Waals surface area contributed by atoms with Crippen molar-refractivity contribution in [2.45, 2.75) is 19.4 Å². The first-order valence-corrected chi connectivity index (χ1v) is 4.06. The van der Waals surface area contributed by atoms with Gasteiger partial charge in [0.05, 0.1) is 5.88 Å². The third-order valence-corrected chi connectivity index (χ3v) is 1.56. The Hall–Kier alpha value is -0.540. The molecule has 0 aliphatic heterocycles. The summed E-state index contributed by atoms with van der Waals surface area (Å²) in [6.45, 7) is 3.19. The molecule has 1 N–H and O–H groups in total. The lowest BCUT2D eigenvalue weighted by Gasteiger charge is -1.95. The van der Waals surface area contributed by atoms with Crippen LogP contribution in [0.2, 0.25) is 0 Å². The van der Waals surface area contributed by atoms with Crippen LogP contribution in [0.1, 0.15) is 18.4 Å². The molecular weight excluding hydrogens is 164 g/mol. The highest BCUT2D eigenvalue weighted by Crippen LogP contribution is 2.01. The van der Waals surface area contributed by atoms with Crippen LogP contribution in [0.25, 0.3) is 0 Å². The molecule has 0 radical (unpaired) electrons. The summed E-state index contributed by atoms with van der Waals surface area (Å²) in [5.74, 6) is 1.31. The second-order valence-corrected chi connectivity index (χ2v) is 2.39. The molecule has 0 saturated carbocycles. The molecule has 3 nitrogen and oxygen atoms in total. The molecule has 4 heteroatoms. The van der Waals surface area contributed by atoms with E-state index in [1.807, 2.05) is 6.92 Å². The van der Waals surface area contributed by atoms with E-state index in [4.69, 9.17) is 16.3 Å². The number of halogens is 1. The lowest BCUT2D eigenvalue weighted by Crippen LogP contribution is -1.93. The van der Waals surface area contributed by atoms with Crippen molar-refractivity contribution in [3.05, 3.63) is 17.7 Å². The lowest BCUT2D eigenvalue weighted by atomic mass is 10.6. The molecular formula is C7H11ClN2O. The van der Waals surface area contributed by atoms with Crippen LogP contribution in [0.4, 0.5) is 0 Å². The van der Waals surface area contributed by atoms with Crippen LogP contribution in [0.3, 0.4) is 0 Å². The van der Waals surface area contributed by atoms with E-state index in [2.05, 4.69) is 9.97 Å². The Morgan fingerprint density at radius 3 is 3.09 bits per heavy atom. The first kappa shape index (κ1) is 8.56. The summed E-state index contributed by atoms with van der Waals surface area (Å²) in [5, 5.41) is 0. The van der Waals surface area contributed by atoms with Gasteiger partial charge in [-0.15, -0.1) is 11.6 Å². The predicted octanol–water partition coefficient (Wildman–Crippen LogP) is 1.68. The molecule has 0 amide bonds. The molecule has 0 spiro atoms. The van der Waals surface area contributed by atoms with Crippen molar-refractivity contribution in [3.8, 4) is 0 Å². The smallest absolute Gasteiger partial charge is 0.132 e. The Morgan fingerprint density at radius 2 is 2.55 bits per heavy atom. The van der Waals surface area contributed by atoms with Gasteiger partial charge in [-0.1, -0.05) is 0 Å². The third kappa shape index (κ3) is 2.52. The summed E-state index contributed by atoms with van der Waals surface area (Å²) in [5.41, 5.74) is 0.932. The summed E-state index contributed by atoms with van der Waals surface area (Å²) in [6, 6.07) is 0. The fourth-order valence-corrected chi connectivity index (χ4v) is 0.882. The van der Waals surface area contributed by atoms with Crippen molar-refractivity contribution in [3.63, 3.8) is 0 Å². The first-order chi connectivity index (χ1) is 5.36. The number of imidazole rings is 1. The van der Waals surface area contributed by atoms with E-state index >= 15 is 0 Å². The SMILES string of the molecule is CCOCc1ncc(CCl)[nH]1. The van der Waals surface area contributed by atoms with Crippen molar-refractivity contribution in [1.82, 2.24) is 9.97 Å². The average Bonchev–Trinajstić information content (AvgIpc) is 2.48. The summed E-state index contributed by atoms with van der Waals surface area (Å²) < 4.78 is 5.14. The quantitative estimate of drug-likeness (QED) is 0.706. The van der Waals surface area contributed by atoms with Crippen molar-refractivity contribution < 1.29 is 4.74 Å². The molecule has 0 aliphatic rings. The van der Waals surface area contributed by atoms with E-state index < -0.39 is 0 Å². The number of hydrogen-bond donors (Lipinski definition) is 1. The maximum absolute atomic E-state index is 5.56. The number of rotatable bonds is 4. The van der Waals surface area contributed by atoms with Crippen LogP contribution < -0.4 is 0 Å².